The number of hydrogen-bond acceptors (Lipinski definition) is 4. The van der Waals surface area contributed by atoms with Crippen LogP contribution in [0.2, 0.25) is 0 Å². The molecule has 1 aromatic rings. The van der Waals surface area contributed by atoms with E-state index in [1.165, 1.54) is 11.3 Å². The highest BCUT2D eigenvalue weighted by atomic mass is 32.2. The molecule has 0 aromatic carbocycles. The maximum Gasteiger partial charge on any atom is 0.250 e. The molecule has 1 N–H and O–H groups in total. The molecule has 2 heterocycles. The van der Waals surface area contributed by atoms with Gasteiger partial charge in [-0.25, -0.2) is 13.1 Å². The zero-order valence-corrected chi connectivity index (χ0v) is 11.4. The van der Waals surface area contributed by atoms with Crippen molar-refractivity contribution in [2.45, 2.75) is 36.5 Å². The molecule has 2 rings (SSSR count). The Labute approximate surface area is 106 Å². The molecular formula is C11H17NO3S2. The van der Waals surface area contributed by atoms with Crippen molar-refractivity contribution < 1.29 is 13.2 Å². The number of hydrogen-bond donors (Lipinski definition) is 1. The van der Waals surface area contributed by atoms with Crippen LogP contribution in [0, 0.1) is 6.92 Å². The van der Waals surface area contributed by atoms with Crippen molar-refractivity contribution in [2.75, 3.05) is 13.2 Å². The van der Waals surface area contributed by atoms with Crippen LogP contribution in [0.4, 0.5) is 0 Å². The molecule has 1 atom stereocenters. The number of ether oxygens (including phenoxy) is 1. The molecule has 1 aromatic heterocycles. The highest BCUT2D eigenvalue weighted by Crippen LogP contribution is 2.20. The van der Waals surface area contributed by atoms with Crippen LogP contribution >= 0.6 is 11.3 Å². The van der Waals surface area contributed by atoms with Gasteiger partial charge >= 0.3 is 0 Å². The van der Waals surface area contributed by atoms with E-state index in [2.05, 4.69) is 4.72 Å². The van der Waals surface area contributed by atoms with Crippen molar-refractivity contribution in [1.82, 2.24) is 4.72 Å². The van der Waals surface area contributed by atoms with Gasteiger partial charge in [-0.3, -0.25) is 0 Å². The minimum Gasteiger partial charge on any atom is -0.378 e. The van der Waals surface area contributed by atoms with Crippen LogP contribution < -0.4 is 4.72 Å². The van der Waals surface area contributed by atoms with Gasteiger partial charge in [-0.15, -0.1) is 11.3 Å². The quantitative estimate of drug-likeness (QED) is 0.893. The largest absolute Gasteiger partial charge is 0.378 e. The molecular weight excluding hydrogens is 258 g/mol. The topological polar surface area (TPSA) is 55.4 Å². The van der Waals surface area contributed by atoms with Crippen molar-refractivity contribution >= 4 is 21.4 Å². The van der Waals surface area contributed by atoms with Gasteiger partial charge in [0.15, 0.2) is 0 Å². The summed E-state index contributed by atoms with van der Waals surface area (Å²) in [5, 5.41) is 0. The van der Waals surface area contributed by atoms with E-state index in [0.29, 0.717) is 10.8 Å². The lowest BCUT2D eigenvalue weighted by molar-refractivity contribution is 0.105. The smallest absolute Gasteiger partial charge is 0.250 e. The Hall–Kier alpha value is -0.430. The van der Waals surface area contributed by atoms with Crippen LogP contribution in [0.25, 0.3) is 0 Å². The second-order valence-corrected chi connectivity index (χ2v) is 7.47. The summed E-state index contributed by atoms with van der Waals surface area (Å²) in [4.78, 5) is 1.00. The zero-order chi connectivity index (χ0) is 12.3. The molecule has 6 heteroatoms. The molecule has 96 valence electrons. The Morgan fingerprint density at radius 1 is 1.53 bits per heavy atom. The van der Waals surface area contributed by atoms with E-state index in [1.807, 2.05) is 13.0 Å². The molecule has 0 radical (unpaired) electrons. The third-order valence-electron chi connectivity index (χ3n) is 2.76. The Balaban J connectivity index is 1.85. The Bertz CT molecular complexity index is 461. The minimum absolute atomic E-state index is 0.225. The van der Waals surface area contributed by atoms with Gasteiger partial charge in [-0.2, -0.15) is 0 Å². The summed E-state index contributed by atoms with van der Waals surface area (Å²) in [5.41, 5.74) is 0. The third-order valence-corrected chi connectivity index (χ3v) is 5.72. The molecule has 0 bridgehead atoms. The molecule has 1 aliphatic rings. The summed E-state index contributed by atoms with van der Waals surface area (Å²) < 4.78 is 32.2. The van der Waals surface area contributed by atoms with Gasteiger partial charge in [-0.05, 0) is 38.3 Å². The number of thiophene rings is 1. The second-order valence-electron chi connectivity index (χ2n) is 4.19. The number of rotatable bonds is 5. The first kappa shape index (κ1) is 13.0. The molecule has 0 spiro atoms. The fraction of sp³-hybridized carbons (Fsp3) is 0.636. The lowest BCUT2D eigenvalue weighted by Crippen LogP contribution is -2.26. The fourth-order valence-electron chi connectivity index (χ4n) is 1.85. The molecule has 1 aliphatic heterocycles. The predicted molar refractivity (Wildman–Crippen MR) is 67.8 cm³/mol. The lowest BCUT2D eigenvalue weighted by Gasteiger charge is -2.09. The summed E-state index contributed by atoms with van der Waals surface area (Å²) in [6.45, 7) is 3.15. The monoisotopic (exact) mass is 275 g/mol. The molecule has 0 saturated carbocycles. The Morgan fingerprint density at radius 3 is 2.94 bits per heavy atom. The van der Waals surface area contributed by atoms with E-state index in [9.17, 15) is 8.42 Å². The molecule has 4 nitrogen and oxygen atoms in total. The number of sulfonamides is 1. The van der Waals surface area contributed by atoms with Crippen molar-refractivity contribution in [3.8, 4) is 0 Å². The van der Waals surface area contributed by atoms with Crippen molar-refractivity contribution in [3.63, 3.8) is 0 Å². The average molecular weight is 275 g/mol. The van der Waals surface area contributed by atoms with Gasteiger partial charge in [0.05, 0.1) is 6.10 Å². The Morgan fingerprint density at radius 2 is 2.35 bits per heavy atom. The van der Waals surface area contributed by atoms with Crippen molar-refractivity contribution in [3.05, 3.63) is 17.0 Å². The lowest BCUT2D eigenvalue weighted by atomic mass is 10.2. The summed E-state index contributed by atoms with van der Waals surface area (Å²) in [7, 11) is -3.32. The van der Waals surface area contributed by atoms with E-state index < -0.39 is 10.0 Å². The van der Waals surface area contributed by atoms with Crippen LogP contribution in [0.5, 0.6) is 0 Å². The summed E-state index contributed by atoms with van der Waals surface area (Å²) in [6.07, 6.45) is 3.10. The van der Waals surface area contributed by atoms with Crippen LogP contribution in [0.1, 0.15) is 24.1 Å². The summed E-state index contributed by atoms with van der Waals surface area (Å²) in [6, 6.07) is 3.47. The van der Waals surface area contributed by atoms with E-state index in [4.69, 9.17) is 4.74 Å². The van der Waals surface area contributed by atoms with E-state index >= 15 is 0 Å². The first-order valence-corrected chi connectivity index (χ1v) is 8.05. The highest BCUT2D eigenvalue weighted by Gasteiger charge is 2.18. The van der Waals surface area contributed by atoms with Gasteiger partial charge in [-0.1, -0.05) is 0 Å². The van der Waals surface area contributed by atoms with Gasteiger partial charge in [0.25, 0.3) is 0 Å². The van der Waals surface area contributed by atoms with Crippen molar-refractivity contribution in [1.29, 1.82) is 0 Å². The fourth-order valence-corrected chi connectivity index (χ4v) is 4.23. The van der Waals surface area contributed by atoms with Crippen LogP contribution in [-0.2, 0) is 14.8 Å². The normalized spacial score (nSPS) is 20.9. The standard InChI is InChI=1S/C11H17NO3S2/c1-9-4-5-11(16-9)17(13,14)12-7-6-10-3-2-8-15-10/h4-5,10,12H,2-3,6-8H2,1H3/t10-/m1/s1. The van der Waals surface area contributed by atoms with Crippen LogP contribution in [0.15, 0.2) is 16.3 Å². The van der Waals surface area contributed by atoms with E-state index in [1.54, 1.807) is 6.07 Å². The Kier molecular flexibility index (Phi) is 4.19. The summed E-state index contributed by atoms with van der Waals surface area (Å²) in [5.74, 6) is 0. The number of aryl methyl sites for hydroxylation is 1. The van der Waals surface area contributed by atoms with Gasteiger partial charge < -0.3 is 4.74 Å². The van der Waals surface area contributed by atoms with Crippen LogP contribution in [0.3, 0.4) is 0 Å². The molecule has 0 amide bonds. The van der Waals surface area contributed by atoms with E-state index in [0.717, 1.165) is 30.7 Å². The number of nitrogens with one attached hydrogen (secondary N) is 1. The SMILES string of the molecule is Cc1ccc(S(=O)(=O)NCC[C@H]2CCCO2)s1. The van der Waals surface area contributed by atoms with Crippen molar-refractivity contribution in [2.24, 2.45) is 0 Å². The molecule has 0 unspecified atom stereocenters. The third kappa shape index (κ3) is 3.51. The maximum atomic E-state index is 11.9. The average Bonchev–Trinajstić information content (AvgIpc) is 2.89. The molecule has 1 fully saturated rings. The summed E-state index contributed by atoms with van der Waals surface area (Å²) >= 11 is 1.30. The maximum absolute atomic E-state index is 11.9. The van der Waals surface area contributed by atoms with Crippen LogP contribution in [-0.4, -0.2) is 27.7 Å². The molecule has 0 aliphatic carbocycles. The van der Waals surface area contributed by atoms with E-state index in [-0.39, 0.29) is 6.10 Å². The minimum atomic E-state index is -3.32. The first-order chi connectivity index (χ1) is 8.08. The zero-order valence-electron chi connectivity index (χ0n) is 9.81. The highest BCUT2D eigenvalue weighted by molar-refractivity contribution is 7.91. The second kappa shape index (κ2) is 5.48. The first-order valence-electron chi connectivity index (χ1n) is 5.75. The molecule has 1 saturated heterocycles. The van der Waals surface area contributed by atoms with Gasteiger partial charge in [0.1, 0.15) is 4.21 Å². The molecule has 17 heavy (non-hydrogen) atoms. The van der Waals surface area contributed by atoms with Gasteiger partial charge in [0.2, 0.25) is 10.0 Å². The van der Waals surface area contributed by atoms with Gasteiger partial charge in [0, 0.05) is 18.0 Å². The predicted octanol–water partition coefficient (Wildman–Crippen LogP) is 1.90.